The molecule has 1 aromatic heterocycles. The van der Waals surface area contributed by atoms with Gasteiger partial charge in [0.25, 0.3) is 0 Å². The van der Waals surface area contributed by atoms with Gasteiger partial charge < -0.3 is 10.4 Å². The number of hydrogen-bond acceptors (Lipinski definition) is 4. The molecule has 17 heavy (non-hydrogen) atoms. The van der Waals surface area contributed by atoms with Gasteiger partial charge in [0.05, 0.1) is 12.4 Å². The summed E-state index contributed by atoms with van der Waals surface area (Å²) in [7, 11) is 0. The van der Waals surface area contributed by atoms with Gasteiger partial charge in [-0.1, -0.05) is 24.4 Å². The summed E-state index contributed by atoms with van der Waals surface area (Å²) in [5, 5.41) is 13.0. The summed E-state index contributed by atoms with van der Waals surface area (Å²) >= 11 is 5.77. The maximum atomic E-state index is 9.33. The zero-order valence-electron chi connectivity index (χ0n) is 9.77. The molecule has 0 bridgehead atoms. The topological polar surface area (TPSA) is 58.0 Å². The Hall–Kier alpha value is -0.870. The Bertz CT molecular complexity index is 361. The Balaban J connectivity index is 1.88. The molecule has 2 atom stereocenters. The van der Waals surface area contributed by atoms with Crippen LogP contribution in [0.15, 0.2) is 12.4 Å². The van der Waals surface area contributed by atoms with Crippen LogP contribution in [0.3, 0.4) is 0 Å². The van der Waals surface area contributed by atoms with E-state index >= 15 is 0 Å². The lowest BCUT2D eigenvalue weighted by atomic mass is 9.79. The van der Waals surface area contributed by atoms with E-state index in [0.29, 0.717) is 22.8 Å². The molecule has 2 unspecified atom stereocenters. The largest absolute Gasteiger partial charge is 0.396 e. The highest BCUT2D eigenvalue weighted by atomic mass is 35.5. The molecule has 0 spiro atoms. The first-order chi connectivity index (χ1) is 8.29. The Kier molecular flexibility index (Phi) is 4.57. The Labute approximate surface area is 106 Å². The molecule has 1 fully saturated rings. The van der Waals surface area contributed by atoms with Crippen molar-refractivity contribution in [2.45, 2.75) is 25.7 Å². The fourth-order valence-corrected chi connectivity index (χ4v) is 2.60. The van der Waals surface area contributed by atoms with Crippen LogP contribution in [0.4, 0.5) is 5.82 Å². The van der Waals surface area contributed by atoms with Crippen LogP contribution in [0.25, 0.3) is 0 Å². The summed E-state index contributed by atoms with van der Waals surface area (Å²) in [5.41, 5.74) is 0. The van der Waals surface area contributed by atoms with Crippen LogP contribution < -0.4 is 5.32 Å². The third-order valence-electron chi connectivity index (χ3n) is 3.45. The number of halogens is 1. The van der Waals surface area contributed by atoms with E-state index in [9.17, 15) is 5.11 Å². The molecule has 0 saturated heterocycles. The molecule has 2 N–H and O–H groups in total. The van der Waals surface area contributed by atoms with Crippen molar-refractivity contribution in [1.82, 2.24) is 9.97 Å². The monoisotopic (exact) mass is 255 g/mol. The van der Waals surface area contributed by atoms with Gasteiger partial charge in [0.15, 0.2) is 0 Å². The molecule has 94 valence electrons. The molecular weight excluding hydrogens is 238 g/mol. The van der Waals surface area contributed by atoms with Crippen molar-refractivity contribution in [3.63, 3.8) is 0 Å². The average Bonchev–Trinajstić information content (AvgIpc) is 2.37. The van der Waals surface area contributed by atoms with Crippen LogP contribution >= 0.6 is 11.6 Å². The van der Waals surface area contributed by atoms with E-state index in [1.54, 1.807) is 6.20 Å². The highest BCUT2D eigenvalue weighted by Gasteiger charge is 2.24. The number of aliphatic hydroxyl groups excluding tert-OH is 1. The predicted octanol–water partition coefficient (Wildman–Crippen LogP) is 2.34. The lowest BCUT2D eigenvalue weighted by Crippen LogP contribution is -2.28. The second-order valence-electron chi connectivity index (χ2n) is 4.60. The fraction of sp³-hybridized carbons (Fsp3) is 0.667. The Morgan fingerprint density at radius 1 is 1.29 bits per heavy atom. The molecule has 2 rings (SSSR count). The first kappa shape index (κ1) is 12.6. The van der Waals surface area contributed by atoms with Crippen LogP contribution in [-0.4, -0.2) is 28.2 Å². The van der Waals surface area contributed by atoms with Gasteiger partial charge in [-0.15, -0.1) is 0 Å². The number of nitrogens with one attached hydrogen (secondary N) is 1. The van der Waals surface area contributed by atoms with E-state index in [0.717, 1.165) is 13.0 Å². The molecule has 0 radical (unpaired) electrons. The molecule has 1 aromatic rings. The van der Waals surface area contributed by atoms with Gasteiger partial charge in [-0.25, -0.2) is 4.98 Å². The molecule has 1 aliphatic rings. The van der Waals surface area contributed by atoms with Crippen molar-refractivity contribution < 1.29 is 5.11 Å². The van der Waals surface area contributed by atoms with Gasteiger partial charge >= 0.3 is 0 Å². The van der Waals surface area contributed by atoms with E-state index in [-0.39, 0.29) is 6.61 Å². The minimum Gasteiger partial charge on any atom is -0.396 e. The zero-order valence-corrected chi connectivity index (χ0v) is 10.5. The van der Waals surface area contributed by atoms with Crippen molar-refractivity contribution in [3.05, 3.63) is 17.5 Å². The second kappa shape index (κ2) is 6.17. The molecule has 0 aliphatic heterocycles. The molecule has 4 nitrogen and oxygen atoms in total. The number of anilines is 1. The van der Waals surface area contributed by atoms with Crippen molar-refractivity contribution in [2.24, 2.45) is 11.8 Å². The normalized spacial score (nSPS) is 24.6. The van der Waals surface area contributed by atoms with Crippen LogP contribution in [0.2, 0.25) is 5.15 Å². The first-order valence-electron chi connectivity index (χ1n) is 6.12. The van der Waals surface area contributed by atoms with Gasteiger partial charge in [0.2, 0.25) is 0 Å². The highest BCUT2D eigenvalue weighted by Crippen LogP contribution is 2.29. The minimum atomic E-state index is 0.285. The summed E-state index contributed by atoms with van der Waals surface area (Å²) in [6.07, 6.45) is 7.98. The molecule has 0 amide bonds. The lowest BCUT2D eigenvalue weighted by molar-refractivity contribution is 0.141. The second-order valence-corrected chi connectivity index (χ2v) is 4.98. The number of aromatic nitrogens is 2. The molecule has 5 heteroatoms. The molecule has 0 aromatic carbocycles. The third-order valence-corrected chi connectivity index (χ3v) is 3.63. The van der Waals surface area contributed by atoms with Gasteiger partial charge in [-0.3, -0.25) is 4.98 Å². The van der Waals surface area contributed by atoms with E-state index in [2.05, 4.69) is 15.3 Å². The minimum absolute atomic E-state index is 0.285. The summed E-state index contributed by atoms with van der Waals surface area (Å²) < 4.78 is 0. The van der Waals surface area contributed by atoms with E-state index < -0.39 is 0 Å². The molecular formula is C12H18ClN3O. The van der Waals surface area contributed by atoms with Crippen molar-refractivity contribution in [2.75, 3.05) is 18.5 Å². The Morgan fingerprint density at radius 2 is 2.06 bits per heavy atom. The van der Waals surface area contributed by atoms with Crippen molar-refractivity contribution >= 4 is 17.4 Å². The van der Waals surface area contributed by atoms with Gasteiger partial charge in [0.1, 0.15) is 11.0 Å². The average molecular weight is 256 g/mol. The summed E-state index contributed by atoms with van der Waals surface area (Å²) in [6.45, 7) is 1.12. The van der Waals surface area contributed by atoms with Crippen LogP contribution in [0, 0.1) is 11.8 Å². The number of nitrogens with zero attached hydrogens (tertiary/aromatic N) is 2. The number of hydrogen-bond donors (Lipinski definition) is 2. The summed E-state index contributed by atoms with van der Waals surface area (Å²) in [5.74, 6) is 1.65. The quantitative estimate of drug-likeness (QED) is 0.867. The van der Waals surface area contributed by atoms with Crippen LogP contribution in [-0.2, 0) is 0 Å². The van der Waals surface area contributed by atoms with Crippen molar-refractivity contribution in [3.8, 4) is 0 Å². The highest BCUT2D eigenvalue weighted by molar-refractivity contribution is 6.29. The smallest absolute Gasteiger partial charge is 0.149 e. The van der Waals surface area contributed by atoms with E-state index in [1.165, 1.54) is 25.5 Å². The molecule has 1 heterocycles. The van der Waals surface area contributed by atoms with Crippen molar-refractivity contribution in [1.29, 1.82) is 0 Å². The van der Waals surface area contributed by atoms with E-state index in [4.69, 9.17) is 11.6 Å². The summed E-state index contributed by atoms with van der Waals surface area (Å²) in [6, 6.07) is 0. The predicted molar refractivity (Wildman–Crippen MR) is 68.1 cm³/mol. The maximum Gasteiger partial charge on any atom is 0.149 e. The Morgan fingerprint density at radius 3 is 2.76 bits per heavy atom. The standard InChI is InChI=1S/C12H18ClN3O/c13-11-6-14-7-12(16-11)15-5-9-3-1-2-4-10(9)8-17/h6-7,9-10,17H,1-5,8H2,(H,15,16). The van der Waals surface area contributed by atoms with Gasteiger partial charge in [-0.05, 0) is 24.7 Å². The first-order valence-corrected chi connectivity index (χ1v) is 6.49. The van der Waals surface area contributed by atoms with Gasteiger partial charge in [0, 0.05) is 13.2 Å². The SMILES string of the molecule is OCC1CCCCC1CNc1cncc(Cl)n1. The van der Waals surface area contributed by atoms with Crippen LogP contribution in [0.1, 0.15) is 25.7 Å². The maximum absolute atomic E-state index is 9.33. The zero-order chi connectivity index (χ0) is 12.1. The van der Waals surface area contributed by atoms with E-state index in [1.807, 2.05) is 0 Å². The molecule has 1 saturated carbocycles. The number of rotatable bonds is 4. The van der Waals surface area contributed by atoms with Crippen LogP contribution in [0.5, 0.6) is 0 Å². The molecule has 1 aliphatic carbocycles. The number of aliphatic hydroxyl groups is 1. The lowest BCUT2D eigenvalue weighted by Gasteiger charge is -2.30. The summed E-state index contributed by atoms with van der Waals surface area (Å²) in [4.78, 5) is 8.12. The third kappa shape index (κ3) is 3.54. The van der Waals surface area contributed by atoms with Gasteiger partial charge in [-0.2, -0.15) is 0 Å². The fourth-order valence-electron chi connectivity index (χ4n) is 2.46.